The molecule has 0 aliphatic carbocycles. The number of carbonyl (C=O) groups excluding carboxylic acids is 4. The number of carbonyl (C=O) groups is 4. The number of alkyl carbamates (subject to hydrolysis) is 1. The van der Waals surface area contributed by atoms with Gasteiger partial charge in [0.05, 0.1) is 22.2 Å². The first-order valence-electron chi connectivity index (χ1n) is 17.7. The van der Waals surface area contributed by atoms with Crippen LogP contribution in [-0.4, -0.2) is 74.4 Å². The Kier molecular flexibility index (Phi) is 9.33. The quantitative estimate of drug-likeness (QED) is 0.173. The van der Waals surface area contributed by atoms with E-state index >= 15 is 0 Å². The van der Waals surface area contributed by atoms with Crippen LogP contribution in [0.4, 0.5) is 4.79 Å². The molecule has 1 N–H and O–H groups in total. The molecule has 1 saturated heterocycles. The normalized spacial score (nSPS) is 16.8. The van der Waals surface area contributed by atoms with Gasteiger partial charge >= 0.3 is 6.09 Å². The predicted molar refractivity (Wildman–Crippen MR) is 196 cm³/mol. The second-order valence-electron chi connectivity index (χ2n) is 14.5. The van der Waals surface area contributed by atoms with Crippen LogP contribution in [0.5, 0.6) is 0 Å². The van der Waals surface area contributed by atoms with E-state index in [1.54, 1.807) is 24.3 Å². The fourth-order valence-corrected chi connectivity index (χ4v) is 7.34. The Morgan fingerprint density at radius 3 is 2.31 bits per heavy atom. The third kappa shape index (κ3) is 7.36. The van der Waals surface area contributed by atoms with Crippen LogP contribution in [0.1, 0.15) is 78.1 Å². The van der Waals surface area contributed by atoms with Crippen LogP contribution in [0, 0.1) is 0 Å². The van der Waals surface area contributed by atoms with Crippen molar-refractivity contribution in [2.75, 3.05) is 19.6 Å². The summed E-state index contributed by atoms with van der Waals surface area (Å²) in [6.45, 7) is 7.14. The van der Waals surface area contributed by atoms with Crippen LogP contribution in [0.2, 0.25) is 0 Å². The Morgan fingerprint density at radius 1 is 0.882 bits per heavy atom. The Labute approximate surface area is 297 Å². The summed E-state index contributed by atoms with van der Waals surface area (Å²) in [5.74, 6) is 0.179. The molecule has 1 fully saturated rings. The molecular weight excluding hydrogens is 642 g/mol. The third-order valence-electron chi connectivity index (χ3n) is 9.69. The molecule has 2 aliphatic rings. The molecule has 0 bridgehead atoms. The maximum Gasteiger partial charge on any atom is 0.407 e. The second-order valence-corrected chi connectivity index (χ2v) is 14.5. The molecular formula is C41H43N5O5. The molecule has 4 amide bonds. The first kappa shape index (κ1) is 34.0. The molecule has 0 spiro atoms. The smallest absolute Gasteiger partial charge is 0.407 e. The number of imidazole rings is 1. The van der Waals surface area contributed by atoms with Gasteiger partial charge in [0.2, 0.25) is 5.91 Å². The molecule has 2 atom stereocenters. The lowest BCUT2D eigenvalue weighted by Gasteiger charge is -2.34. The highest BCUT2D eigenvalue weighted by molar-refractivity contribution is 6.21. The van der Waals surface area contributed by atoms with E-state index in [9.17, 15) is 19.2 Å². The van der Waals surface area contributed by atoms with E-state index < -0.39 is 17.7 Å². The molecule has 10 nitrogen and oxygen atoms in total. The first-order valence-corrected chi connectivity index (χ1v) is 17.7. The number of hydrogen-bond donors (Lipinski definition) is 1. The van der Waals surface area contributed by atoms with E-state index in [4.69, 9.17) is 9.72 Å². The Balaban J connectivity index is 1.08. The van der Waals surface area contributed by atoms with E-state index in [1.165, 1.54) is 4.90 Å². The van der Waals surface area contributed by atoms with Crippen molar-refractivity contribution in [3.63, 3.8) is 0 Å². The number of piperidine rings is 1. The molecule has 262 valence electrons. The minimum Gasteiger partial charge on any atom is -0.444 e. The first-order chi connectivity index (χ1) is 24.5. The number of fused-ring (bicyclic) bond motifs is 3. The minimum absolute atomic E-state index is 0.0461. The molecule has 0 saturated carbocycles. The number of hydrogen-bond acceptors (Lipinski definition) is 6. The number of para-hydroxylation sites is 2. The maximum atomic E-state index is 14.0. The zero-order valence-corrected chi connectivity index (χ0v) is 29.3. The number of aromatic nitrogens is 2. The molecule has 2 unspecified atom stereocenters. The Morgan fingerprint density at radius 2 is 1.57 bits per heavy atom. The van der Waals surface area contributed by atoms with Crippen molar-refractivity contribution in [3.8, 4) is 0 Å². The number of nitrogens with zero attached hydrogens (tertiary/aromatic N) is 4. The number of rotatable bonds is 9. The summed E-state index contributed by atoms with van der Waals surface area (Å²) in [6, 6.07) is 28.6. The predicted octanol–water partition coefficient (Wildman–Crippen LogP) is 6.72. The third-order valence-corrected chi connectivity index (χ3v) is 9.69. The van der Waals surface area contributed by atoms with Crippen molar-refractivity contribution in [3.05, 3.63) is 114 Å². The molecule has 10 heteroatoms. The fourth-order valence-electron chi connectivity index (χ4n) is 7.34. The second kappa shape index (κ2) is 14.0. The van der Waals surface area contributed by atoms with Crippen molar-refractivity contribution >= 4 is 45.6 Å². The van der Waals surface area contributed by atoms with Gasteiger partial charge in [-0.2, -0.15) is 0 Å². The minimum atomic E-state index is -0.674. The lowest BCUT2D eigenvalue weighted by molar-refractivity contribution is -0.133. The van der Waals surface area contributed by atoms with E-state index in [1.807, 2.05) is 68.1 Å². The van der Waals surface area contributed by atoms with Crippen LogP contribution in [0.25, 0.3) is 21.8 Å². The van der Waals surface area contributed by atoms with Gasteiger partial charge in [-0.1, -0.05) is 66.7 Å². The van der Waals surface area contributed by atoms with Gasteiger partial charge in [0, 0.05) is 44.6 Å². The lowest BCUT2D eigenvalue weighted by atomic mass is 9.95. The summed E-state index contributed by atoms with van der Waals surface area (Å²) >= 11 is 0. The van der Waals surface area contributed by atoms with Crippen molar-refractivity contribution in [2.24, 2.45) is 0 Å². The van der Waals surface area contributed by atoms with E-state index in [0.29, 0.717) is 37.2 Å². The van der Waals surface area contributed by atoms with Crippen molar-refractivity contribution in [1.82, 2.24) is 24.7 Å². The van der Waals surface area contributed by atoms with Gasteiger partial charge in [-0.3, -0.25) is 19.3 Å². The number of benzene rings is 4. The monoisotopic (exact) mass is 685 g/mol. The largest absolute Gasteiger partial charge is 0.444 e. The summed E-state index contributed by atoms with van der Waals surface area (Å²) in [7, 11) is 0. The van der Waals surface area contributed by atoms with Crippen LogP contribution in [0.3, 0.4) is 0 Å². The van der Waals surface area contributed by atoms with Gasteiger partial charge in [0.15, 0.2) is 0 Å². The molecule has 2 aliphatic heterocycles. The van der Waals surface area contributed by atoms with E-state index in [-0.39, 0.29) is 36.6 Å². The van der Waals surface area contributed by atoms with E-state index in [2.05, 4.69) is 34.1 Å². The highest BCUT2D eigenvalue weighted by atomic mass is 16.6. The van der Waals surface area contributed by atoms with Crippen LogP contribution in [-0.2, 0) is 22.5 Å². The summed E-state index contributed by atoms with van der Waals surface area (Å²) in [5, 5.41) is 5.21. The van der Waals surface area contributed by atoms with Gasteiger partial charge < -0.3 is 19.5 Å². The summed E-state index contributed by atoms with van der Waals surface area (Å²) in [6.07, 6.45) is 1.68. The standard InChI is InChI=1S/C41H43N5O5/c1-41(2,3)51-40(50)42-31(24-27-18-19-28-11-4-5-12-29(28)23-27)25-36(47)44-20-10-13-30(26-44)37-43-34-16-8-9-17-35(34)45(37)21-22-46-38(48)32-14-6-7-15-33(32)39(46)49/h4-9,11-12,14-19,23,30-31H,10,13,20-22,24-26H2,1-3H3,(H,42,50). The zero-order valence-electron chi connectivity index (χ0n) is 29.3. The average molecular weight is 686 g/mol. The SMILES string of the molecule is CC(C)(C)OC(=O)NC(CC(=O)N1CCCC(c2nc3ccccc3n2CCN2C(=O)c3ccccc3C2=O)C1)Cc1ccc2ccccc2c1. The van der Waals surface area contributed by atoms with Crippen LogP contribution < -0.4 is 5.32 Å². The van der Waals surface area contributed by atoms with Crippen LogP contribution in [0.15, 0.2) is 91.0 Å². The molecule has 4 aromatic carbocycles. The number of likely N-dealkylation sites (tertiary alicyclic amines) is 1. The van der Waals surface area contributed by atoms with E-state index in [0.717, 1.165) is 46.0 Å². The summed E-state index contributed by atoms with van der Waals surface area (Å²) < 4.78 is 7.68. The molecule has 1 aromatic heterocycles. The van der Waals surface area contributed by atoms with Crippen molar-refractivity contribution in [1.29, 1.82) is 0 Å². The zero-order chi connectivity index (χ0) is 35.7. The number of amides is 4. The van der Waals surface area contributed by atoms with Gasteiger partial charge in [0.25, 0.3) is 11.8 Å². The van der Waals surface area contributed by atoms with Gasteiger partial charge in [-0.15, -0.1) is 0 Å². The number of nitrogens with one attached hydrogen (secondary N) is 1. The van der Waals surface area contributed by atoms with Crippen molar-refractivity contribution < 1.29 is 23.9 Å². The maximum absolute atomic E-state index is 14.0. The van der Waals surface area contributed by atoms with Gasteiger partial charge in [-0.25, -0.2) is 9.78 Å². The molecule has 7 rings (SSSR count). The molecule has 51 heavy (non-hydrogen) atoms. The fraction of sp³-hybridized carbons (Fsp3) is 0.341. The molecule has 5 aromatic rings. The Hall–Kier alpha value is -5.51. The summed E-state index contributed by atoms with van der Waals surface area (Å²) in [5.41, 5.74) is 2.96. The topological polar surface area (TPSA) is 114 Å². The van der Waals surface area contributed by atoms with Crippen LogP contribution >= 0.6 is 0 Å². The Bertz CT molecular complexity index is 2100. The van der Waals surface area contributed by atoms with Gasteiger partial charge in [0.1, 0.15) is 11.4 Å². The number of ether oxygens (including phenoxy) is 1. The lowest BCUT2D eigenvalue weighted by Crippen LogP contribution is -2.46. The summed E-state index contributed by atoms with van der Waals surface area (Å²) in [4.78, 5) is 61.4. The number of imide groups is 1. The average Bonchev–Trinajstić information content (AvgIpc) is 3.60. The van der Waals surface area contributed by atoms with Gasteiger partial charge in [-0.05, 0) is 80.6 Å². The highest BCUT2D eigenvalue weighted by Gasteiger charge is 2.36. The molecule has 3 heterocycles. The highest BCUT2D eigenvalue weighted by Crippen LogP contribution is 2.31. The van der Waals surface area contributed by atoms with Crippen molar-refractivity contribution in [2.45, 2.75) is 70.6 Å². The molecule has 0 radical (unpaired) electrons.